The van der Waals surface area contributed by atoms with Crippen LogP contribution in [-0.4, -0.2) is 43.7 Å². The van der Waals surface area contributed by atoms with Crippen LogP contribution in [0.2, 0.25) is 0 Å². The Bertz CT molecular complexity index is 455. The van der Waals surface area contributed by atoms with E-state index in [2.05, 4.69) is 22.0 Å². The van der Waals surface area contributed by atoms with E-state index < -0.39 is 6.43 Å². The molecule has 1 saturated heterocycles. The van der Waals surface area contributed by atoms with Gasteiger partial charge in [0.25, 0.3) is 6.43 Å². The monoisotopic (exact) mass is 297 g/mol. The van der Waals surface area contributed by atoms with Gasteiger partial charge in [0.1, 0.15) is 0 Å². The van der Waals surface area contributed by atoms with Gasteiger partial charge >= 0.3 is 0 Å². The molecule has 1 fully saturated rings. The number of alkyl halides is 2. The highest BCUT2D eigenvalue weighted by atomic mass is 19.3. The predicted molar refractivity (Wildman–Crippen MR) is 84.5 cm³/mol. The van der Waals surface area contributed by atoms with Crippen LogP contribution >= 0.6 is 0 Å². The fourth-order valence-corrected chi connectivity index (χ4v) is 2.75. The van der Waals surface area contributed by atoms with E-state index in [4.69, 9.17) is 0 Å². The lowest BCUT2D eigenvalue weighted by atomic mass is 10.1. The number of nitrogens with one attached hydrogen (secondary N) is 1. The van der Waals surface area contributed by atoms with Crippen molar-refractivity contribution in [1.82, 2.24) is 4.90 Å². The Kier molecular flexibility index (Phi) is 5.39. The molecule has 0 bridgehead atoms. The van der Waals surface area contributed by atoms with E-state index in [0.29, 0.717) is 5.69 Å². The Morgan fingerprint density at radius 1 is 1.14 bits per heavy atom. The molecule has 0 spiro atoms. The second-order valence-corrected chi connectivity index (χ2v) is 5.79. The van der Waals surface area contributed by atoms with Crippen molar-refractivity contribution in [3.63, 3.8) is 0 Å². The van der Waals surface area contributed by atoms with Crippen LogP contribution in [0.4, 0.5) is 20.2 Å². The largest absolute Gasteiger partial charge is 0.383 e. The molecule has 1 heterocycles. The second kappa shape index (κ2) is 7.07. The number of halogens is 2. The van der Waals surface area contributed by atoms with Gasteiger partial charge in [-0.3, -0.25) is 0 Å². The number of likely N-dealkylation sites (N-methyl/N-ethyl adjacent to an activating group) is 1. The summed E-state index contributed by atoms with van der Waals surface area (Å²) in [6.45, 7) is 10.6. The summed E-state index contributed by atoms with van der Waals surface area (Å²) in [6, 6.07) is 5.54. The molecule has 3 nitrogen and oxygen atoms in total. The van der Waals surface area contributed by atoms with E-state index in [0.717, 1.165) is 38.4 Å². The van der Waals surface area contributed by atoms with E-state index in [-0.39, 0.29) is 11.6 Å². The van der Waals surface area contributed by atoms with Crippen LogP contribution in [0.15, 0.2) is 18.2 Å². The Labute approximate surface area is 125 Å². The van der Waals surface area contributed by atoms with Gasteiger partial charge in [-0.15, -0.1) is 0 Å². The summed E-state index contributed by atoms with van der Waals surface area (Å²) in [7, 11) is 0. The van der Waals surface area contributed by atoms with Crippen LogP contribution in [0.5, 0.6) is 0 Å². The Morgan fingerprint density at radius 3 is 2.33 bits per heavy atom. The molecule has 1 aliphatic rings. The minimum atomic E-state index is -2.45. The summed E-state index contributed by atoms with van der Waals surface area (Å²) >= 11 is 0. The third kappa shape index (κ3) is 4.06. The van der Waals surface area contributed by atoms with Crippen molar-refractivity contribution in [3.8, 4) is 0 Å². The van der Waals surface area contributed by atoms with Gasteiger partial charge in [-0.05, 0) is 38.6 Å². The SMILES string of the molecule is CCN1CCN(c2ccc(NC(C)C)cc2C(F)F)CC1. The minimum absolute atomic E-state index is 0.130. The molecule has 0 aromatic heterocycles. The van der Waals surface area contributed by atoms with E-state index in [9.17, 15) is 8.78 Å². The topological polar surface area (TPSA) is 18.5 Å². The average Bonchev–Trinajstić information content (AvgIpc) is 2.46. The smallest absolute Gasteiger partial charge is 0.265 e. The van der Waals surface area contributed by atoms with Crippen molar-refractivity contribution >= 4 is 11.4 Å². The molecule has 1 N–H and O–H groups in total. The first-order chi connectivity index (χ1) is 10.0. The zero-order valence-electron chi connectivity index (χ0n) is 13.1. The summed E-state index contributed by atoms with van der Waals surface area (Å²) < 4.78 is 26.8. The second-order valence-electron chi connectivity index (χ2n) is 5.79. The number of nitrogens with zero attached hydrogens (tertiary/aromatic N) is 2. The van der Waals surface area contributed by atoms with Crippen LogP contribution in [0.3, 0.4) is 0 Å². The Hall–Kier alpha value is -1.36. The van der Waals surface area contributed by atoms with Crippen molar-refractivity contribution in [3.05, 3.63) is 23.8 Å². The first-order valence-corrected chi connectivity index (χ1v) is 7.67. The minimum Gasteiger partial charge on any atom is -0.383 e. The molecular formula is C16H25F2N3. The van der Waals surface area contributed by atoms with E-state index in [1.165, 1.54) is 0 Å². The number of anilines is 2. The third-order valence-corrected chi connectivity index (χ3v) is 3.88. The average molecular weight is 297 g/mol. The first kappa shape index (κ1) is 16.0. The molecule has 1 aliphatic heterocycles. The maximum Gasteiger partial charge on any atom is 0.265 e. The quantitative estimate of drug-likeness (QED) is 0.896. The lowest BCUT2D eigenvalue weighted by molar-refractivity contribution is 0.151. The van der Waals surface area contributed by atoms with Crippen LogP contribution in [0.25, 0.3) is 0 Å². The number of piperazine rings is 1. The fourth-order valence-electron chi connectivity index (χ4n) is 2.75. The standard InChI is InChI=1S/C16H25F2N3/c1-4-20-7-9-21(10-8-20)15-6-5-13(19-12(2)3)11-14(15)16(17)18/h5-6,11-12,16,19H,4,7-10H2,1-3H3. The zero-order chi connectivity index (χ0) is 15.4. The lowest BCUT2D eigenvalue weighted by Crippen LogP contribution is -2.46. The molecule has 0 unspecified atom stereocenters. The summed E-state index contributed by atoms with van der Waals surface area (Å²) in [6.07, 6.45) is -2.45. The molecule has 0 saturated carbocycles. The van der Waals surface area contributed by atoms with Gasteiger partial charge in [-0.1, -0.05) is 6.92 Å². The summed E-state index contributed by atoms with van der Waals surface area (Å²) in [5.74, 6) is 0. The molecule has 0 amide bonds. The Balaban J connectivity index is 2.19. The molecule has 0 aliphatic carbocycles. The maximum atomic E-state index is 13.4. The number of benzene rings is 1. The van der Waals surface area contributed by atoms with Gasteiger partial charge in [0.15, 0.2) is 0 Å². The summed E-state index contributed by atoms with van der Waals surface area (Å²) in [5, 5.41) is 3.19. The van der Waals surface area contributed by atoms with E-state index in [1.807, 2.05) is 26.0 Å². The molecule has 5 heteroatoms. The van der Waals surface area contributed by atoms with Crippen LogP contribution in [0.1, 0.15) is 32.8 Å². The van der Waals surface area contributed by atoms with Crippen molar-refractivity contribution in [2.75, 3.05) is 42.9 Å². The predicted octanol–water partition coefficient (Wildman–Crippen LogP) is 3.59. The maximum absolute atomic E-state index is 13.4. The molecule has 1 aromatic rings. The third-order valence-electron chi connectivity index (χ3n) is 3.88. The van der Waals surface area contributed by atoms with Crippen LogP contribution in [-0.2, 0) is 0 Å². The Morgan fingerprint density at radius 2 is 1.81 bits per heavy atom. The van der Waals surface area contributed by atoms with Gasteiger partial charge in [0, 0.05) is 49.2 Å². The van der Waals surface area contributed by atoms with Crippen molar-refractivity contribution in [2.45, 2.75) is 33.2 Å². The summed E-state index contributed by atoms with van der Waals surface area (Å²) in [5.41, 5.74) is 1.57. The lowest BCUT2D eigenvalue weighted by Gasteiger charge is -2.36. The molecule has 0 atom stereocenters. The molecule has 2 rings (SSSR count). The van der Waals surface area contributed by atoms with Crippen LogP contribution in [0, 0.1) is 0 Å². The summed E-state index contributed by atoms with van der Waals surface area (Å²) in [4.78, 5) is 4.42. The normalized spacial score (nSPS) is 16.8. The molecular weight excluding hydrogens is 272 g/mol. The highest BCUT2D eigenvalue weighted by molar-refractivity contribution is 5.62. The van der Waals surface area contributed by atoms with Gasteiger partial charge in [0.05, 0.1) is 0 Å². The van der Waals surface area contributed by atoms with Crippen LogP contribution < -0.4 is 10.2 Å². The molecule has 1 aromatic carbocycles. The van der Waals surface area contributed by atoms with Gasteiger partial charge < -0.3 is 15.1 Å². The number of hydrogen-bond acceptors (Lipinski definition) is 3. The van der Waals surface area contributed by atoms with Crippen molar-refractivity contribution in [1.29, 1.82) is 0 Å². The zero-order valence-corrected chi connectivity index (χ0v) is 13.1. The van der Waals surface area contributed by atoms with Crippen molar-refractivity contribution < 1.29 is 8.78 Å². The number of hydrogen-bond donors (Lipinski definition) is 1. The van der Waals surface area contributed by atoms with Gasteiger partial charge in [0.2, 0.25) is 0 Å². The highest BCUT2D eigenvalue weighted by Crippen LogP contribution is 2.33. The van der Waals surface area contributed by atoms with Gasteiger partial charge in [-0.2, -0.15) is 0 Å². The fraction of sp³-hybridized carbons (Fsp3) is 0.625. The van der Waals surface area contributed by atoms with Crippen molar-refractivity contribution in [2.24, 2.45) is 0 Å². The van der Waals surface area contributed by atoms with E-state index >= 15 is 0 Å². The number of rotatable bonds is 5. The molecule has 0 radical (unpaired) electrons. The highest BCUT2D eigenvalue weighted by Gasteiger charge is 2.22. The van der Waals surface area contributed by atoms with E-state index in [1.54, 1.807) is 6.07 Å². The first-order valence-electron chi connectivity index (χ1n) is 7.67. The van der Waals surface area contributed by atoms with Gasteiger partial charge in [-0.25, -0.2) is 8.78 Å². The molecule has 118 valence electrons. The molecule has 21 heavy (non-hydrogen) atoms.